The molecule has 1 unspecified atom stereocenters. The van der Waals surface area contributed by atoms with Gasteiger partial charge in [-0.3, -0.25) is 4.90 Å². The molecule has 0 radical (unpaired) electrons. The Morgan fingerprint density at radius 2 is 2.20 bits per heavy atom. The Balaban J connectivity index is 0.00000200. The summed E-state index contributed by atoms with van der Waals surface area (Å²) in [5.41, 5.74) is 0. The predicted octanol–water partition coefficient (Wildman–Crippen LogP) is 3.48. The number of likely N-dealkylation sites (N-methyl/N-ethyl adjacent to an activating group) is 1. The lowest BCUT2D eigenvalue weighted by Gasteiger charge is -2.24. The van der Waals surface area contributed by atoms with E-state index in [1.54, 1.807) is 12.1 Å². The zero-order valence-corrected chi connectivity index (χ0v) is 13.9. The Morgan fingerprint density at radius 3 is 2.90 bits per heavy atom. The third-order valence-corrected chi connectivity index (χ3v) is 4.00. The van der Waals surface area contributed by atoms with E-state index in [1.165, 1.54) is 12.8 Å². The molecule has 3 nitrogen and oxygen atoms in total. The molecule has 0 amide bonds. The number of rotatable bonds is 6. The van der Waals surface area contributed by atoms with Crippen LogP contribution in [0.15, 0.2) is 18.2 Å². The van der Waals surface area contributed by atoms with Gasteiger partial charge in [-0.2, -0.15) is 0 Å². The van der Waals surface area contributed by atoms with Crippen LogP contribution < -0.4 is 10.1 Å². The van der Waals surface area contributed by atoms with E-state index in [-0.39, 0.29) is 12.4 Å². The van der Waals surface area contributed by atoms with Crippen molar-refractivity contribution in [1.29, 1.82) is 0 Å². The molecule has 0 aliphatic carbocycles. The fourth-order valence-corrected chi connectivity index (χ4v) is 2.98. The highest BCUT2D eigenvalue weighted by molar-refractivity contribution is 6.35. The Labute approximate surface area is 137 Å². The van der Waals surface area contributed by atoms with Crippen LogP contribution in [-0.4, -0.2) is 44.2 Å². The number of likely N-dealkylation sites (tertiary alicyclic amines) is 1. The van der Waals surface area contributed by atoms with Gasteiger partial charge in [0.1, 0.15) is 12.4 Å². The van der Waals surface area contributed by atoms with Crippen molar-refractivity contribution in [2.75, 3.05) is 33.3 Å². The summed E-state index contributed by atoms with van der Waals surface area (Å²) in [6.45, 7) is 3.79. The average molecular weight is 340 g/mol. The van der Waals surface area contributed by atoms with Crippen molar-refractivity contribution < 1.29 is 4.74 Å². The molecule has 1 aliphatic rings. The molecule has 1 aromatic rings. The minimum absolute atomic E-state index is 0. The fourth-order valence-electron chi connectivity index (χ4n) is 2.52. The van der Waals surface area contributed by atoms with Gasteiger partial charge < -0.3 is 10.1 Å². The fraction of sp³-hybridized carbons (Fsp3) is 0.571. The van der Waals surface area contributed by atoms with Crippen LogP contribution in [0.25, 0.3) is 0 Å². The van der Waals surface area contributed by atoms with E-state index in [9.17, 15) is 0 Å². The molecule has 20 heavy (non-hydrogen) atoms. The van der Waals surface area contributed by atoms with E-state index >= 15 is 0 Å². The SMILES string of the molecule is CNCC1CCCN1CCOc1ccc(Cl)cc1Cl.Cl. The number of halogens is 3. The summed E-state index contributed by atoms with van der Waals surface area (Å²) in [6, 6.07) is 5.95. The van der Waals surface area contributed by atoms with Crippen molar-refractivity contribution in [1.82, 2.24) is 10.2 Å². The van der Waals surface area contributed by atoms with E-state index in [2.05, 4.69) is 10.2 Å². The van der Waals surface area contributed by atoms with Crippen molar-refractivity contribution >= 4 is 35.6 Å². The van der Waals surface area contributed by atoms with E-state index < -0.39 is 0 Å². The highest BCUT2D eigenvalue weighted by Crippen LogP contribution is 2.27. The molecular weight excluding hydrogens is 319 g/mol. The number of benzene rings is 1. The van der Waals surface area contributed by atoms with Gasteiger partial charge in [0.2, 0.25) is 0 Å². The van der Waals surface area contributed by atoms with Crippen LogP contribution in [0.3, 0.4) is 0 Å². The molecule has 1 heterocycles. The van der Waals surface area contributed by atoms with Crippen LogP contribution in [0.5, 0.6) is 5.75 Å². The van der Waals surface area contributed by atoms with Gasteiger partial charge in [0, 0.05) is 24.2 Å². The average Bonchev–Trinajstić information content (AvgIpc) is 2.80. The molecule has 1 saturated heterocycles. The molecule has 114 valence electrons. The first kappa shape index (κ1) is 17.9. The van der Waals surface area contributed by atoms with Crippen molar-refractivity contribution in [2.45, 2.75) is 18.9 Å². The van der Waals surface area contributed by atoms with E-state index in [0.29, 0.717) is 28.4 Å². The molecule has 0 spiro atoms. The Hall–Kier alpha value is -0.190. The minimum Gasteiger partial charge on any atom is -0.491 e. The topological polar surface area (TPSA) is 24.5 Å². The summed E-state index contributed by atoms with van der Waals surface area (Å²) in [5.74, 6) is 0.704. The van der Waals surface area contributed by atoms with Gasteiger partial charge in [0.15, 0.2) is 0 Å². The van der Waals surface area contributed by atoms with E-state index in [4.69, 9.17) is 27.9 Å². The molecule has 0 saturated carbocycles. The molecule has 0 aromatic heterocycles. The Bertz CT molecular complexity index is 417. The summed E-state index contributed by atoms with van der Waals surface area (Å²) in [6.07, 6.45) is 2.54. The molecule has 1 aliphatic heterocycles. The second kappa shape index (κ2) is 8.96. The molecule has 2 rings (SSSR count). The van der Waals surface area contributed by atoms with Gasteiger partial charge in [-0.1, -0.05) is 23.2 Å². The zero-order valence-electron chi connectivity index (χ0n) is 11.6. The van der Waals surface area contributed by atoms with E-state index in [0.717, 1.165) is 19.6 Å². The summed E-state index contributed by atoms with van der Waals surface area (Å²) >= 11 is 11.9. The summed E-state index contributed by atoms with van der Waals surface area (Å²) < 4.78 is 5.73. The normalized spacial score (nSPS) is 18.9. The summed E-state index contributed by atoms with van der Waals surface area (Å²) in [7, 11) is 2.00. The number of ether oxygens (including phenoxy) is 1. The molecule has 1 N–H and O–H groups in total. The van der Waals surface area contributed by atoms with Gasteiger partial charge in [-0.05, 0) is 44.6 Å². The van der Waals surface area contributed by atoms with Crippen LogP contribution in [0.4, 0.5) is 0 Å². The first-order valence-electron chi connectivity index (χ1n) is 6.67. The van der Waals surface area contributed by atoms with Crippen LogP contribution in [-0.2, 0) is 0 Å². The minimum atomic E-state index is 0. The van der Waals surface area contributed by atoms with Gasteiger partial charge >= 0.3 is 0 Å². The predicted molar refractivity (Wildman–Crippen MR) is 87.7 cm³/mol. The van der Waals surface area contributed by atoms with Crippen LogP contribution in [0.2, 0.25) is 10.0 Å². The second-order valence-electron chi connectivity index (χ2n) is 4.81. The smallest absolute Gasteiger partial charge is 0.138 e. The standard InChI is InChI=1S/C14H20Cl2N2O.ClH/c1-17-10-12-3-2-6-18(12)7-8-19-14-5-4-11(15)9-13(14)16;/h4-5,9,12,17H,2-3,6-8,10H2,1H3;1H. The maximum Gasteiger partial charge on any atom is 0.138 e. The van der Waals surface area contributed by atoms with Gasteiger partial charge in [-0.25, -0.2) is 0 Å². The van der Waals surface area contributed by atoms with Crippen molar-refractivity contribution in [3.05, 3.63) is 28.2 Å². The van der Waals surface area contributed by atoms with Gasteiger partial charge in [0.05, 0.1) is 5.02 Å². The van der Waals surface area contributed by atoms with Gasteiger partial charge in [-0.15, -0.1) is 12.4 Å². The molecule has 0 bridgehead atoms. The third kappa shape index (κ3) is 4.97. The number of hydrogen-bond donors (Lipinski definition) is 1. The second-order valence-corrected chi connectivity index (χ2v) is 5.66. The summed E-state index contributed by atoms with van der Waals surface area (Å²) in [5, 5.41) is 4.45. The number of hydrogen-bond acceptors (Lipinski definition) is 3. The Morgan fingerprint density at radius 1 is 1.40 bits per heavy atom. The highest BCUT2D eigenvalue weighted by atomic mass is 35.5. The largest absolute Gasteiger partial charge is 0.491 e. The van der Waals surface area contributed by atoms with E-state index in [1.807, 2.05) is 13.1 Å². The number of nitrogens with one attached hydrogen (secondary N) is 1. The molecule has 1 atom stereocenters. The quantitative estimate of drug-likeness (QED) is 0.859. The number of nitrogens with zero attached hydrogens (tertiary/aromatic N) is 1. The molecule has 1 aromatic carbocycles. The van der Waals surface area contributed by atoms with Crippen molar-refractivity contribution in [2.24, 2.45) is 0 Å². The molecular formula is C14H21Cl3N2O. The first-order valence-corrected chi connectivity index (χ1v) is 7.43. The van der Waals surface area contributed by atoms with Crippen molar-refractivity contribution in [3.8, 4) is 5.75 Å². The van der Waals surface area contributed by atoms with Crippen LogP contribution in [0.1, 0.15) is 12.8 Å². The summed E-state index contributed by atoms with van der Waals surface area (Å²) in [4.78, 5) is 2.47. The Kier molecular flexibility index (Phi) is 8.00. The molecule has 6 heteroatoms. The maximum absolute atomic E-state index is 6.07. The zero-order chi connectivity index (χ0) is 13.7. The lowest BCUT2D eigenvalue weighted by Crippen LogP contribution is -2.39. The lowest BCUT2D eigenvalue weighted by molar-refractivity contribution is 0.195. The third-order valence-electron chi connectivity index (χ3n) is 3.47. The first-order chi connectivity index (χ1) is 9.20. The van der Waals surface area contributed by atoms with Crippen LogP contribution >= 0.6 is 35.6 Å². The monoisotopic (exact) mass is 338 g/mol. The highest BCUT2D eigenvalue weighted by Gasteiger charge is 2.23. The van der Waals surface area contributed by atoms with Gasteiger partial charge in [0.25, 0.3) is 0 Å². The molecule has 1 fully saturated rings. The van der Waals surface area contributed by atoms with Crippen molar-refractivity contribution in [3.63, 3.8) is 0 Å². The lowest BCUT2D eigenvalue weighted by atomic mass is 10.2. The van der Waals surface area contributed by atoms with Crippen LogP contribution in [0, 0.1) is 0 Å². The maximum atomic E-state index is 6.07.